The standard InChI is InChI=1S/C51H67N5O5/c1-2-3-4-5-6-7-8-9-10-11-12-19-29-52-47(57)40-28-30-55(33-40)50(60)38-24-26-39(27-25-38)51(61)56-34-43(48(58)53-45-31-41(45)36-20-15-13-16-21-36)44(35-56)49(59)54-46-32-42(46)37-22-17-14-18-23-37/h13-18,20-27,40-46H,2-12,19,28-35H2,1H3,(H,52,57)(H,53,58)(H,54,59)/t40-,41+,42+,43+,44+,45-,46-/m0/s1. The third-order valence-electron chi connectivity index (χ3n) is 13.5. The molecule has 2 saturated carbocycles. The fraction of sp³-hybridized carbons (Fsp3) is 0.549. The number of nitrogens with one attached hydrogen (secondary N) is 3. The fourth-order valence-corrected chi connectivity index (χ4v) is 9.53. The fourth-order valence-electron chi connectivity index (χ4n) is 9.53. The predicted octanol–water partition coefficient (Wildman–Crippen LogP) is 8.00. The second-order valence-electron chi connectivity index (χ2n) is 18.2. The molecule has 3 aromatic carbocycles. The Morgan fingerprint density at radius 2 is 0.967 bits per heavy atom. The second-order valence-corrected chi connectivity index (χ2v) is 18.2. The van der Waals surface area contributed by atoms with Gasteiger partial charge in [0.05, 0.1) is 17.8 Å². The van der Waals surface area contributed by atoms with Gasteiger partial charge >= 0.3 is 0 Å². The molecule has 0 radical (unpaired) electrons. The predicted molar refractivity (Wildman–Crippen MR) is 239 cm³/mol. The maximum Gasteiger partial charge on any atom is 0.253 e. The monoisotopic (exact) mass is 830 g/mol. The van der Waals surface area contributed by atoms with Gasteiger partial charge in [0.15, 0.2) is 0 Å². The van der Waals surface area contributed by atoms with Crippen molar-refractivity contribution < 1.29 is 24.0 Å². The minimum Gasteiger partial charge on any atom is -0.356 e. The third kappa shape index (κ3) is 12.1. The molecule has 3 N–H and O–H groups in total. The van der Waals surface area contributed by atoms with E-state index in [1.807, 2.05) is 36.4 Å². The average Bonchev–Trinajstić information content (AvgIpc) is 4.11. The van der Waals surface area contributed by atoms with E-state index in [9.17, 15) is 24.0 Å². The molecule has 0 unspecified atom stereocenters. The molecule has 4 aliphatic rings. The van der Waals surface area contributed by atoms with Gasteiger partial charge in [0.2, 0.25) is 17.7 Å². The number of hydrogen-bond donors (Lipinski definition) is 3. The summed E-state index contributed by atoms with van der Waals surface area (Å²) in [5.41, 5.74) is 3.22. The van der Waals surface area contributed by atoms with E-state index in [0.717, 1.165) is 25.7 Å². The number of amides is 5. The average molecular weight is 830 g/mol. The van der Waals surface area contributed by atoms with Crippen LogP contribution in [-0.4, -0.2) is 84.1 Å². The van der Waals surface area contributed by atoms with Crippen molar-refractivity contribution in [3.05, 3.63) is 107 Å². The molecule has 2 aliphatic carbocycles. The lowest BCUT2D eigenvalue weighted by atomic mass is 9.94. The highest BCUT2D eigenvalue weighted by atomic mass is 16.2. The zero-order chi connectivity index (χ0) is 42.6. The molecule has 5 amide bonds. The lowest BCUT2D eigenvalue weighted by Gasteiger charge is -2.18. The van der Waals surface area contributed by atoms with Crippen LogP contribution in [0, 0.1) is 17.8 Å². The van der Waals surface area contributed by atoms with Crippen LogP contribution in [0.15, 0.2) is 84.9 Å². The van der Waals surface area contributed by atoms with Crippen LogP contribution in [0.3, 0.4) is 0 Å². The van der Waals surface area contributed by atoms with E-state index in [1.54, 1.807) is 34.1 Å². The molecule has 2 heterocycles. The van der Waals surface area contributed by atoms with Crippen molar-refractivity contribution in [3.8, 4) is 0 Å². The summed E-state index contributed by atoms with van der Waals surface area (Å²) < 4.78 is 0. The molecule has 0 aromatic heterocycles. The van der Waals surface area contributed by atoms with Gasteiger partial charge in [0.25, 0.3) is 11.8 Å². The number of nitrogens with zero attached hydrogens (tertiary/aromatic N) is 2. The second kappa shape index (κ2) is 21.7. The number of likely N-dealkylation sites (tertiary alicyclic amines) is 2. The maximum atomic E-state index is 13.9. The third-order valence-corrected chi connectivity index (χ3v) is 13.5. The summed E-state index contributed by atoms with van der Waals surface area (Å²) in [6.45, 7) is 4.09. The minimum absolute atomic E-state index is 0.00340. The van der Waals surface area contributed by atoms with Crippen molar-refractivity contribution in [2.24, 2.45) is 17.8 Å². The van der Waals surface area contributed by atoms with Crippen LogP contribution in [0.25, 0.3) is 0 Å². The van der Waals surface area contributed by atoms with E-state index in [2.05, 4.69) is 47.1 Å². The summed E-state index contributed by atoms with van der Waals surface area (Å²) in [7, 11) is 0. The van der Waals surface area contributed by atoms with Crippen LogP contribution in [0.4, 0.5) is 0 Å². The summed E-state index contributed by atoms with van der Waals surface area (Å²) in [5.74, 6) is -1.91. The van der Waals surface area contributed by atoms with E-state index >= 15 is 0 Å². The molecule has 2 aliphatic heterocycles. The van der Waals surface area contributed by atoms with Crippen LogP contribution in [0.2, 0.25) is 0 Å². The van der Waals surface area contributed by atoms with Crippen molar-refractivity contribution >= 4 is 29.5 Å². The Bertz CT molecular complexity index is 1850. The first-order valence-electron chi connectivity index (χ1n) is 23.5. The van der Waals surface area contributed by atoms with Crippen LogP contribution in [0.5, 0.6) is 0 Å². The van der Waals surface area contributed by atoms with Crippen LogP contribution in [-0.2, 0) is 14.4 Å². The van der Waals surface area contributed by atoms with E-state index in [1.165, 1.54) is 75.3 Å². The van der Waals surface area contributed by atoms with Gasteiger partial charge in [-0.1, -0.05) is 138 Å². The Morgan fingerprint density at radius 1 is 0.525 bits per heavy atom. The number of carbonyl (C=O) groups is 5. The molecule has 4 fully saturated rings. The maximum absolute atomic E-state index is 13.9. The summed E-state index contributed by atoms with van der Waals surface area (Å²) in [5, 5.41) is 9.49. The molecule has 3 aromatic rings. The molecular weight excluding hydrogens is 763 g/mol. The summed E-state index contributed by atoms with van der Waals surface area (Å²) in [6, 6.07) is 26.9. The SMILES string of the molecule is CCCCCCCCCCCCCCNC(=O)[C@H]1CCN(C(=O)c2ccc(C(=O)N3C[C@@H](C(=O)N[C@H]4C[C@@H]4c4ccccc4)[C@H](C(=O)N[C@H]4C[C@@H]4c4ccccc4)C3)cc2)C1. The minimum atomic E-state index is -0.680. The van der Waals surface area contributed by atoms with Crippen molar-refractivity contribution in [1.29, 1.82) is 0 Å². The number of hydrogen-bond acceptors (Lipinski definition) is 5. The summed E-state index contributed by atoms with van der Waals surface area (Å²) in [6.07, 6.45) is 17.7. The van der Waals surface area contributed by atoms with Gasteiger partial charge < -0.3 is 25.8 Å². The Labute approximate surface area is 363 Å². The first kappa shape index (κ1) is 44.1. The topological polar surface area (TPSA) is 128 Å². The lowest BCUT2D eigenvalue weighted by molar-refractivity contribution is -0.133. The zero-order valence-electron chi connectivity index (χ0n) is 36.2. The number of carbonyl (C=O) groups excluding carboxylic acids is 5. The Hall–Kier alpha value is -4.99. The molecular formula is C51H67N5O5. The summed E-state index contributed by atoms with van der Waals surface area (Å²) in [4.78, 5) is 71.4. The number of rotatable bonds is 22. The lowest BCUT2D eigenvalue weighted by Crippen LogP contribution is -2.43. The van der Waals surface area contributed by atoms with Gasteiger partial charge in [-0.15, -0.1) is 0 Å². The van der Waals surface area contributed by atoms with Crippen molar-refractivity contribution in [1.82, 2.24) is 25.8 Å². The Morgan fingerprint density at radius 3 is 1.44 bits per heavy atom. The first-order chi connectivity index (χ1) is 29.8. The van der Waals surface area contributed by atoms with Crippen molar-refractivity contribution in [2.45, 2.75) is 127 Å². The van der Waals surface area contributed by atoms with Gasteiger partial charge in [0, 0.05) is 67.8 Å². The van der Waals surface area contributed by atoms with E-state index in [-0.39, 0.29) is 72.5 Å². The highest BCUT2D eigenvalue weighted by Crippen LogP contribution is 2.42. The van der Waals surface area contributed by atoms with Crippen LogP contribution < -0.4 is 16.0 Å². The molecule has 10 nitrogen and oxygen atoms in total. The molecule has 326 valence electrons. The highest BCUT2D eigenvalue weighted by Gasteiger charge is 2.49. The van der Waals surface area contributed by atoms with E-state index < -0.39 is 11.8 Å². The van der Waals surface area contributed by atoms with Crippen LogP contribution >= 0.6 is 0 Å². The molecule has 7 rings (SSSR count). The molecule has 2 saturated heterocycles. The van der Waals surface area contributed by atoms with Crippen molar-refractivity contribution in [3.63, 3.8) is 0 Å². The molecule has 0 spiro atoms. The number of unbranched alkanes of at least 4 members (excludes halogenated alkanes) is 11. The largest absolute Gasteiger partial charge is 0.356 e. The van der Waals surface area contributed by atoms with Crippen LogP contribution in [0.1, 0.15) is 147 Å². The van der Waals surface area contributed by atoms with Gasteiger partial charge in [-0.2, -0.15) is 0 Å². The van der Waals surface area contributed by atoms with Crippen molar-refractivity contribution in [2.75, 3.05) is 32.7 Å². The zero-order valence-corrected chi connectivity index (χ0v) is 36.2. The molecule has 0 bridgehead atoms. The van der Waals surface area contributed by atoms with Gasteiger partial charge in [-0.25, -0.2) is 0 Å². The van der Waals surface area contributed by atoms with Gasteiger partial charge in [0.1, 0.15) is 0 Å². The Balaban J connectivity index is 0.863. The highest BCUT2D eigenvalue weighted by molar-refractivity contribution is 5.99. The first-order valence-corrected chi connectivity index (χ1v) is 23.5. The van der Waals surface area contributed by atoms with E-state index in [0.29, 0.717) is 37.2 Å². The van der Waals surface area contributed by atoms with Gasteiger partial charge in [-0.05, 0) is 61.1 Å². The Kier molecular flexibility index (Phi) is 15.7. The molecule has 61 heavy (non-hydrogen) atoms. The van der Waals surface area contributed by atoms with E-state index in [4.69, 9.17) is 0 Å². The smallest absolute Gasteiger partial charge is 0.253 e. The summed E-state index contributed by atoms with van der Waals surface area (Å²) >= 11 is 0. The quantitative estimate of drug-likeness (QED) is 0.0886. The normalized spacial score (nSPS) is 24.0. The molecule has 7 atom stereocenters. The van der Waals surface area contributed by atoms with Gasteiger partial charge in [-0.3, -0.25) is 24.0 Å². The number of benzene rings is 3. The molecule has 10 heteroatoms.